The van der Waals surface area contributed by atoms with Crippen molar-refractivity contribution in [3.8, 4) is 0 Å². The van der Waals surface area contributed by atoms with E-state index in [0.29, 0.717) is 18.9 Å². The SMILES string of the molecule is CC1(COS(C)(=O)=O)CCC(S(=O)(=O)c2cccc(C(F)(F)F)c2)CC1. The molecule has 1 aromatic carbocycles. The highest BCUT2D eigenvalue weighted by molar-refractivity contribution is 7.92. The molecule has 0 saturated heterocycles. The van der Waals surface area contributed by atoms with E-state index in [1.165, 1.54) is 6.07 Å². The highest BCUT2D eigenvalue weighted by atomic mass is 32.2. The van der Waals surface area contributed by atoms with E-state index < -0.39 is 42.4 Å². The van der Waals surface area contributed by atoms with Gasteiger partial charge in [0, 0.05) is 0 Å². The van der Waals surface area contributed by atoms with E-state index in [9.17, 15) is 30.0 Å². The fraction of sp³-hybridized carbons (Fsp3) is 0.625. The fourth-order valence-corrected chi connectivity index (χ4v) is 5.33. The molecule has 10 heteroatoms. The monoisotopic (exact) mass is 414 g/mol. The molecule has 0 amide bonds. The van der Waals surface area contributed by atoms with E-state index in [2.05, 4.69) is 0 Å². The number of hydrogen-bond acceptors (Lipinski definition) is 5. The molecule has 1 aliphatic carbocycles. The third kappa shape index (κ3) is 5.20. The van der Waals surface area contributed by atoms with E-state index in [1.54, 1.807) is 0 Å². The maximum atomic E-state index is 12.8. The summed E-state index contributed by atoms with van der Waals surface area (Å²) in [5.41, 5.74) is -1.48. The Bertz CT molecular complexity index is 852. The smallest absolute Gasteiger partial charge is 0.270 e. The number of sulfone groups is 1. The summed E-state index contributed by atoms with van der Waals surface area (Å²) in [6.45, 7) is 1.77. The number of hydrogen-bond donors (Lipinski definition) is 0. The van der Waals surface area contributed by atoms with Crippen LogP contribution in [0.3, 0.4) is 0 Å². The molecule has 1 fully saturated rings. The highest BCUT2D eigenvalue weighted by Gasteiger charge is 2.39. The minimum Gasteiger partial charge on any atom is -0.270 e. The van der Waals surface area contributed by atoms with Crippen LogP contribution in [0, 0.1) is 5.41 Å². The third-order valence-electron chi connectivity index (χ3n) is 4.69. The summed E-state index contributed by atoms with van der Waals surface area (Å²) < 4.78 is 91.0. The maximum Gasteiger partial charge on any atom is 0.416 e. The van der Waals surface area contributed by atoms with Gasteiger partial charge in [-0.15, -0.1) is 0 Å². The molecule has 1 aliphatic rings. The molecular weight excluding hydrogens is 393 g/mol. The van der Waals surface area contributed by atoms with Crippen LogP contribution in [0.5, 0.6) is 0 Å². The lowest BCUT2D eigenvalue weighted by Crippen LogP contribution is -2.35. The zero-order valence-electron chi connectivity index (χ0n) is 14.4. The normalized spacial score (nSPS) is 25.2. The van der Waals surface area contributed by atoms with Crippen LogP contribution < -0.4 is 0 Å². The van der Waals surface area contributed by atoms with Crippen molar-refractivity contribution >= 4 is 20.0 Å². The van der Waals surface area contributed by atoms with Gasteiger partial charge in [0.25, 0.3) is 10.1 Å². The zero-order chi connectivity index (χ0) is 19.8. The second kappa shape index (κ2) is 7.12. The molecule has 0 heterocycles. The van der Waals surface area contributed by atoms with Gasteiger partial charge in [-0.3, -0.25) is 4.18 Å². The zero-order valence-corrected chi connectivity index (χ0v) is 16.0. The minimum absolute atomic E-state index is 0.0395. The third-order valence-corrected chi connectivity index (χ3v) is 7.50. The predicted molar refractivity (Wildman–Crippen MR) is 89.8 cm³/mol. The molecule has 0 aliphatic heterocycles. The first kappa shape index (κ1) is 21.2. The second-order valence-corrected chi connectivity index (χ2v) is 10.9. The number of benzene rings is 1. The Morgan fingerprint density at radius 2 is 1.73 bits per heavy atom. The van der Waals surface area contributed by atoms with Gasteiger partial charge >= 0.3 is 6.18 Å². The lowest BCUT2D eigenvalue weighted by atomic mass is 9.76. The summed E-state index contributed by atoms with van der Waals surface area (Å²) in [5, 5.41) is -0.794. The van der Waals surface area contributed by atoms with Crippen molar-refractivity contribution in [2.24, 2.45) is 5.41 Å². The van der Waals surface area contributed by atoms with E-state index >= 15 is 0 Å². The van der Waals surface area contributed by atoms with E-state index in [0.717, 1.165) is 18.4 Å². The summed E-state index contributed by atoms with van der Waals surface area (Å²) in [6, 6.07) is 3.75. The minimum atomic E-state index is -4.61. The molecule has 1 aromatic rings. The molecular formula is C16H21F3O5S2. The summed E-state index contributed by atoms with van der Waals surface area (Å²) in [7, 11) is -7.49. The highest BCUT2D eigenvalue weighted by Crippen LogP contribution is 2.40. The molecule has 0 bridgehead atoms. The van der Waals surface area contributed by atoms with Crippen molar-refractivity contribution in [3.63, 3.8) is 0 Å². The Morgan fingerprint density at radius 1 is 1.15 bits per heavy atom. The van der Waals surface area contributed by atoms with Crippen LogP contribution in [0.1, 0.15) is 38.2 Å². The first-order valence-corrected chi connectivity index (χ1v) is 11.3. The lowest BCUT2D eigenvalue weighted by molar-refractivity contribution is -0.137. The molecule has 0 unspecified atom stereocenters. The first-order valence-electron chi connectivity index (χ1n) is 7.99. The predicted octanol–water partition coefficient (Wildman–Crippen LogP) is 3.40. The van der Waals surface area contributed by atoms with Crippen LogP contribution in [0.25, 0.3) is 0 Å². The van der Waals surface area contributed by atoms with E-state index in [4.69, 9.17) is 4.18 Å². The molecule has 148 valence electrons. The van der Waals surface area contributed by atoms with Gasteiger partial charge in [-0.25, -0.2) is 8.42 Å². The standard InChI is InChI=1S/C16H21F3O5S2/c1-15(11-24-25(2,20)21)8-6-13(7-9-15)26(22,23)14-5-3-4-12(10-14)16(17,18)19/h3-5,10,13H,6-9,11H2,1-2H3. The average molecular weight is 414 g/mol. The lowest BCUT2D eigenvalue weighted by Gasteiger charge is -2.36. The van der Waals surface area contributed by atoms with Gasteiger partial charge in [-0.05, 0) is 49.3 Å². The Labute approximate surface area is 151 Å². The van der Waals surface area contributed by atoms with Crippen molar-refractivity contribution in [1.82, 2.24) is 0 Å². The summed E-state index contributed by atoms with van der Waals surface area (Å²) >= 11 is 0. The van der Waals surface area contributed by atoms with E-state index in [-0.39, 0.29) is 24.3 Å². The molecule has 2 rings (SSSR count). The quantitative estimate of drug-likeness (QED) is 0.690. The maximum absolute atomic E-state index is 12.8. The van der Waals surface area contributed by atoms with Crippen molar-refractivity contribution in [2.75, 3.05) is 12.9 Å². The Balaban J connectivity index is 2.13. The molecule has 5 nitrogen and oxygen atoms in total. The Kier molecular flexibility index (Phi) is 5.80. The Morgan fingerprint density at radius 3 is 2.23 bits per heavy atom. The van der Waals surface area contributed by atoms with Crippen molar-refractivity contribution in [3.05, 3.63) is 29.8 Å². The summed E-state index contributed by atoms with van der Waals surface area (Å²) in [5.74, 6) is 0. The van der Waals surface area contributed by atoms with Crippen LogP contribution in [-0.4, -0.2) is 34.9 Å². The topological polar surface area (TPSA) is 77.5 Å². The molecule has 0 N–H and O–H groups in total. The molecule has 26 heavy (non-hydrogen) atoms. The van der Waals surface area contributed by atoms with Gasteiger partial charge in [-0.1, -0.05) is 13.0 Å². The van der Waals surface area contributed by atoms with Crippen LogP contribution in [-0.2, 0) is 30.3 Å². The van der Waals surface area contributed by atoms with Gasteiger partial charge in [-0.2, -0.15) is 21.6 Å². The van der Waals surface area contributed by atoms with Gasteiger partial charge in [0.15, 0.2) is 9.84 Å². The molecule has 0 aromatic heterocycles. The molecule has 1 saturated carbocycles. The summed E-state index contributed by atoms with van der Waals surface area (Å²) in [6.07, 6.45) is -2.37. The average Bonchev–Trinajstić information content (AvgIpc) is 2.52. The van der Waals surface area contributed by atoms with Gasteiger partial charge in [0.05, 0.1) is 28.6 Å². The molecule has 0 radical (unpaired) electrons. The van der Waals surface area contributed by atoms with Crippen molar-refractivity contribution in [2.45, 2.75) is 48.9 Å². The van der Waals surface area contributed by atoms with Crippen molar-refractivity contribution < 1.29 is 34.2 Å². The summed E-state index contributed by atoms with van der Waals surface area (Å²) in [4.78, 5) is -0.340. The second-order valence-electron chi connectivity index (χ2n) is 7.05. The number of halogens is 3. The molecule has 0 atom stereocenters. The van der Waals surface area contributed by atoms with Gasteiger partial charge in [0.2, 0.25) is 0 Å². The van der Waals surface area contributed by atoms with Crippen LogP contribution >= 0.6 is 0 Å². The first-order chi connectivity index (χ1) is 11.7. The largest absolute Gasteiger partial charge is 0.416 e. The van der Waals surface area contributed by atoms with Crippen molar-refractivity contribution in [1.29, 1.82) is 0 Å². The molecule has 0 spiro atoms. The van der Waals surface area contributed by atoms with E-state index in [1.807, 2.05) is 6.92 Å². The van der Waals surface area contributed by atoms with Crippen LogP contribution in [0.4, 0.5) is 13.2 Å². The number of rotatable bonds is 5. The number of alkyl halides is 3. The van der Waals surface area contributed by atoms with Gasteiger partial charge in [0.1, 0.15) is 0 Å². The fourth-order valence-electron chi connectivity index (χ4n) is 3.03. The van der Waals surface area contributed by atoms with Gasteiger partial charge < -0.3 is 0 Å². The Hall–Kier alpha value is -1.13. The van der Waals surface area contributed by atoms with Crippen LogP contribution in [0.2, 0.25) is 0 Å². The van der Waals surface area contributed by atoms with Crippen LogP contribution in [0.15, 0.2) is 29.2 Å².